The highest BCUT2D eigenvalue weighted by atomic mass is 32.2. The Morgan fingerprint density at radius 3 is 2.45 bits per heavy atom. The quantitative estimate of drug-likeness (QED) is 0.928. The molecule has 1 aromatic carbocycles. The van der Waals surface area contributed by atoms with Crippen molar-refractivity contribution in [1.82, 2.24) is 4.72 Å². The van der Waals surface area contributed by atoms with Gasteiger partial charge in [-0.15, -0.1) is 0 Å². The number of benzene rings is 1. The molecule has 1 aliphatic heterocycles. The van der Waals surface area contributed by atoms with E-state index in [9.17, 15) is 12.8 Å². The van der Waals surface area contributed by atoms with Gasteiger partial charge in [0.25, 0.3) is 0 Å². The molecule has 1 aliphatic rings. The first kappa shape index (κ1) is 15.8. The van der Waals surface area contributed by atoms with E-state index in [-0.39, 0.29) is 9.64 Å². The Labute approximate surface area is 124 Å². The minimum atomic E-state index is -3.59. The minimum Gasteiger partial charge on any atom is -0.210 e. The van der Waals surface area contributed by atoms with Crippen LogP contribution in [0.5, 0.6) is 0 Å². The molecule has 1 fully saturated rings. The summed E-state index contributed by atoms with van der Waals surface area (Å²) in [6.07, 6.45) is 2.14. The second kappa shape index (κ2) is 5.66. The summed E-state index contributed by atoms with van der Waals surface area (Å²) in [6.45, 7) is 5.74. The maximum absolute atomic E-state index is 13.3. The highest BCUT2D eigenvalue weighted by Crippen LogP contribution is 2.37. The summed E-state index contributed by atoms with van der Waals surface area (Å²) in [6, 6.07) is 2.52. The van der Waals surface area contributed by atoms with E-state index >= 15 is 0 Å². The molecule has 0 aliphatic carbocycles. The molecule has 3 nitrogen and oxygen atoms in total. The number of aryl methyl sites for hydroxylation is 2. The van der Waals surface area contributed by atoms with Gasteiger partial charge in [-0.3, -0.25) is 0 Å². The van der Waals surface area contributed by atoms with Crippen molar-refractivity contribution in [3.05, 3.63) is 29.1 Å². The van der Waals surface area contributed by atoms with Crippen molar-refractivity contribution in [2.45, 2.75) is 43.3 Å². The van der Waals surface area contributed by atoms with Crippen molar-refractivity contribution < 1.29 is 12.8 Å². The van der Waals surface area contributed by atoms with E-state index in [0.29, 0.717) is 17.7 Å². The monoisotopic (exact) mass is 317 g/mol. The molecule has 0 aromatic heterocycles. The number of halogens is 1. The first-order valence-corrected chi connectivity index (χ1v) is 9.11. The smallest absolute Gasteiger partial charge is 0.210 e. The van der Waals surface area contributed by atoms with E-state index < -0.39 is 15.8 Å². The van der Waals surface area contributed by atoms with Crippen molar-refractivity contribution in [2.75, 3.05) is 12.3 Å². The van der Waals surface area contributed by atoms with Crippen LogP contribution in [0.1, 0.15) is 30.9 Å². The van der Waals surface area contributed by atoms with E-state index in [1.807, 2.05) is 0 Å². The summed E-state index contributed by atoms with van der Waals surface area (Å²) in [7, 11) is -3.59. The fraction of sp³-hybridized carbons (Fsp3) is 0.571. The summed E-state index contributed by atoms with van der Waals surface area (Å²) in [5.74, 6) is 0.671. The number of rotatable bonds is 4. The molecule has 0 amide bonds. The van der Waals surface area contributed by atoms with Crippen LogP contribution in [-0.4, -0.2) is 25.5 Å². The molecule has 2 rings (SSSR count). The van der Waals surface area contributed by atoms with Gasteiger partial charge in [0.05, 0.1) is 4.90 Å². The minimum absolute atomic E-state index is 0.0328. The number of hydrogen-bond acceptors (Lipinski definition) is 3. The molecular weight excluding hydrogens is 297 g/mol. The first-order chi connectivity index (χ1) is 9.23. The summed E-state index contributed by atoms with van der Waals surface area (Å²) in [4.78, 5) is 0.200. The average Bonchev–Trinajstić information content (AvgIpc) is 2.73. The molecule has 1 heterocycles. The molecule has 1 N–H and O–H groups in total. The van der Waals surface area contributed by atoms with Gasteiger partial charge in [0.15, 0.2) is 0 Å². The predicted molar refractivity (Wildman–Crippen MR) is 81.2 cm³/mol. The number of nitrogens with one attached hydrogen (secondary N) is 1. The molecule has 0 spiro atoms. The van der Waals surface area contributed by atoms with Gasteiger partial charge in [-0.05, 0) is 62.6 Å². The lowest BCUT2D eigenvalue weighted by atomic mass is 10.1. The van der Waals surface area contributed by atoms with Crippen molar-refractivity contribution in [3.8, 4) is 0 Å². The van der Waals surface area contributed by atoms with Gasteiger partial charge in [-0.2, -0.15) is 11.8 Å². The van der Waals surface area contributed by atoms with Crippen LogP contribution in [0.2, 0.25) is 0 Å². The van der Waals surface area contributed by atoms with Gasteiger partial charge < -0.3 is 0 Å². The first-order valence-electron chi connectivity index (χ1n) is 6.64. The molecule has 1 atom stereocenters. The van der Waals surface area contributed by atoms with Crippen LogP contribution in [0.4, 0.5) is 4.39 Å². The lowest BCUT2D eigenvalue weighted by Gasteiger charge is -2.23. The second-order valence-electron chi connectivity index (χ2n) is 5.60. The molecule has 0 saturated carbocycles. The number of sulfonamides is 1. The Morgan fingerprint density at radius 1 is 1.35 bits per heavy atom. The third kappa shape index (κ3) is 3.35. The average molecular weight is 317 g/mol. The zero-order valence-electron chi connectivity index (χ0n) is 12.0. The fourth-order valence-electron chi connectivity index (χ4n) is 2.62. The zero-order chi connectivity index (χ0) is 15.0. The lowest BCUT2D eigenvalue weighted by Crippen LogP contribution is -2.37. The van der Waals surface area contributed by atoms with Crippen LogP contribution in [0.15, 0.2) is 17.0 Å². The van der Waals surface area contributed by atoms with Crippen molar-refractivity contribution in [2.24, 2.45) is 0 Å². The molecule has 0 bridgehead atoms. The molecule has 1 unspecified atom stereocenters. The number of thioether (sulfide) groups is 1. The summed E-state index contributed by atoms with van der Waals surface area (Å²) >= 11 is 1.80. The van der Waals surface area contributed by atoms with Gasteiger partial charge >= 0.3 is 0 Å². The fourth-order valence-corrected chi connectivity index (χ4v) is 5.57. The molecule has 0 radical (unpaired) electrons. The van der Waals surface area contributed by atoms with Gasteiger partial charge in [0, 0.05) is 11.3 Å². The Hall–Kier alpha value is -0.590. The van der Waals surface area contributed by atoms with E-state index in [2.05, 4.69) is 11.6 Å². The Bertz CT molecular complexity index is 585. The largest absolute Gasteiger partial charge is 0.241 e. The zero-order valence-corrected chi connectivity index (χ0v) is 13.6. The Morgan fingerprint density at radius 2 is 1.95 bits per heavy atom. The van der Waals surface area contributed by atoms with Crippen molar-refractivity contribution in [1.29, 1.82) is 0 Å². The Kier molecular flexibility index (Phi) is 4.47. The second-order valence-corrected chi connectivity index (χ2v) is 8.98. The van der Waals surface area contributed by atoms with E-state index in [1.54, 1.807) is 25.6 Å². The van der Waals surface area contributed by atoms with E-state index in [1.165, 1.54) is 12.1 Å². The highest BCUT2D eigenvalue weighted by Gasteiger charge is 2.31. The summed E-state index contributed by atoms with van der Waals surface area (Å²) in [5, 5.41) is 0. The van der Waals surface area contributed by atoms with Crippen LogP contribution in [-0.2, 0) is 10.0 Å². The SMILES string of the molecule is Cc1cc(F)cc(C)c1S(=O)(=O)NCC1(C)CCCS1. The van der Waals surface area contributed by atoms with Crippen LogP contribution in [0.3, 0.4) is 0 Å². The van der Waals surface area contributed by atoms with E-state index in [0.717, 1.165) is 18.6 Å². The molecule has 20 heavy (non-hydrogen) atoms. The van der Waals surface area contributed by atoms with Gasteiger partial charge in [0.2, 0.25) is 10.0 Å². The summed E-state index contributed by atoms with van der Waals surface area (Å²) in [5.41, 5.74) is 0.887. The van der Waals surface area contributed by atoms with Crippen molar-refractivity contribution >= 4 is 21.8 Å². The normalized spacial score (nSPS) is 23.2. The topological polar surface area (TPSA) is 46.2 Å². The Balaban J connectivity index is 2.23. The predicted octanol–water partition coefficient (Wildman–Crippen LogP) is 3.01. The van der Waals surface area contributed by atoms with Crippen LogP contribution >= 0.6 is 11.8 Å². The maximum atomic E-state index is 13.3. The van der Waals surface area contributed by atoms with Gasteiger partial charge in [0.1, 0.15) is 5.82 Å². The van der Waals surface area contributed by atoms with Gasteiger partial charge in [-0.25, -0.2) is 17.5 Å². The van der Waals surface area contributed by atoms with Crippen LogP contribution in [0.25, 0.3) is 0 Å². The number of hydrogen-bond donors (Lipinski definition) is 1. The third-order valence-corrected chi connectivity index (χ3v) is 6.87. The summed E-state index contributed by atoms with van der Waals surface area (Å²) < 4.78 is 40.8. The molecular formula is C14H20FNO2S2. The van der Waals surface area contributed by atoms with E-state index in [4.69, 9.17) is 0 Å². The van der Waals surface area contributed by atoms with Gasteiger partial charge in [-0.1, -0.05) is 0 Å². The third-order valence-electron chi connectivity index (χ3n) is 3.63. The molecule has 1 saturated heterocycles. The van der Waals surface area contributed by atoms with Crippen LogP contribution < -0.4 is 4.72 Å². The van der Waals surface area contributed by atoms with Crippen LogP contribution in [0, 0.1) is 19.7 Å². The lowest BCUT2D eigenvalue weighted by molar-refractivity contribution is 0.551. The highest BCUT2D eigenvalue weighted by molar-refractivity contribution is 8.01. The molecule has 6 heteroatoms. The van der Waals surface area contributed by atoms with Crippen molar-refractivity contribution in [3.63, 3.8) is 0 Å². The molecule has 112 valence electrons. The standard InChI is InChI=1S/C14H20FNO2S2/c1-10-7-12(15)8-11(2)13(10)20(17,18)16-9-14(3)5-4-6-19-14/h7-8,16H,4-6,9H2,1-3H3. The maximum Gasteiger partial charge on any atom is 0.241 e. The molecule has 1 aromatic rings.